The predicted octanol–water partition coefficient (Wildman–Crippen LogP) is 5.34. The van der Waals surface area contributed by atoms with E-state index in [4.69, 9.17) is 21.1 Å². The van der Waals surface area contributed by atoms with E-state index in [1.165, 1.54) is 37.2 Å². The molecule has 6 nitrogen and oxygen atoms in total. The Morgan fingerprint density at radius 1 is 1.25 bits per heavy atom. The number of likely N-dealkylation sites (tertiary alicyclic amines) is 1. The minimum atomic E-state index is -0.467. The number of thioether (sulfide) groups is 1. The van der Waals surface area contributed by atoms with Gasteiger partial charge < -0.3 is 14.8 Å². The molecule has 9 heteroatoms. The first-order valence-corrected chi connectivity index (χ1v) is 12.1. The molecule has 0 amide bonds. The van der Waals surface area contributed by atoms with E-state index in [2.05, 4.69) is 31.9 Å². The Bertz CT molecular complexity index is 1130. The van der Waals surface area contributed by atoms with E-state index in [9.17, 15) is 4.39 Å². The Morgan fingerprint density at radius 3 is 2.91 bits per heavy atom. The molecule has 0 aliphatic carbocycles. The summed E-state index contributed by atoms with van der Waals surface area (Å²) in [5.74, 6) is 3.57. The number of hydrogen-bond donors (Lipinski definition) is 1. The van der Waals surface area contributed by atoms with Gasteiger partial charge in [-0.1, -0.05) is 11.6 Å². The molecule has 2 bridgehead atoms. The summed E-state index contributed by atoms with van der Waals surface area (Å²) < 4.78 is 25.1. The van der Waals surface area contributed by atoms with Crippen molar-refractivity contribution in [1.82, 2.24) is 14.9 Å². The van der Waals surface area contributed by atoms with E-state index in [1.54, 1.807) is 13.2 Å². The van der Waals surface area contributed by atoms with Crippen molar-refractivity contribution in [2.45, 2.75) is 18.2 Å². The number of anilines is 2. The van der Waals surface area contributed by atoms with Crippen molar-refractivity contribution in [2.24, 2.45) is 5.92 Å². The molecule has 32 heavy (non-hydrogen) atoms. The highest BCUT2D eigenvalue weighted by atomic mass is 35.5. The van der Waals surface area contributed by atoms with Crippen LogP contribution in [0.3, 0.4) is 0 Å². The summed E-state index contributed by atoms with van der Waals surface area (Å²) in [6.07, 6.45) is 3.76. The van der Waals surface area contributed by atoms with Gasteiger partial charge in [-0.15, -0.1) is 11.8 Å². The summed E-state index contributed by atoms with van der Waals surface area (Å²) in [6.45, 7) is 2.87. The highest BCUT2D eigenvalue weighted by molar-refractivity contribution is 8.00. The van der Waals surface area contributed by atoms with Crippen molar-refractivity contribution >= 4 is 45.8 Å². The van der Waals surface area contributed by atoms with Crippen LogP contribution >= 0.6 is 23.4 Å². The van der Waals surface area contributed by atoms with Gasteiger partial charge in [-0.05, 0) is 48.8 Å². The summed E-state index contributed by atoms with van der Waals surface area (Å²) in [4.78, 5) is 11.3. The standard InChI is InChI=1S/C23H24ClFN4O2S/c1-30-20-10-19-16(23(27-13-26-19)28-15-3-4-18(25)17(24)8-15)9-21(20)31-6-2-5-29-11-14-7-22(29)32-12-14/h3-4,8-10,13-14,22H,2,5-7,11-12H2,1H3,(H,26,27,28). The maximum atomic E-state index is 13.5. The minimum Gasteiger partial charge on any atom is -0.493 e. The number of nitrogens with one attached hydrogen (secondary N) is 1. The minimum absolute atomic E-state index is 0.0451. The molecule has 2 atom stereocenters. The number of nitrogens with zero attached hydrogens (tertiary/aromatic N) is 3. The van der Waals surface area contributed by atoms with E-state index in [1.807, 2.05) is 12.1 Å². The summed E-state index contributed by atoms with van der Waals surface area (Å²) in [7, 11) is 1.62. The zero-order valence-electron chi connectivity index (χ0n) is 17.7. The van der Waals surface area contributed by atoms with E-state index < -0.39 is 5.82 Å². The Kier molecular flexibility index (Phi) is 6.26. The van der Waals surface area contributed by atoms with Gasteiger partial charge in [0.25, 0.3) is 0 Å². The number of hydrogen-bond acceptors (Lipinski definition) is 7. The summed E-state index contributed by atoms with van der Waals surface area (Å²) >= 11 is 7.99. The van der Waals surface area contributed by atoms with Gasteiger partial charge in [0.1, 0.15) is 18.0 Å². The molecule has 3 heterocycles. The number of methoxy groups -OCH3 is 1. The molecular weight excluding hydrogens is 451 g/mol. The molecule has 2 unspecified atom stereocenters. The van der Waals surface area contributed by atoms with Crippen molar-refractivity contribution in [1.29, 1.82) is 0 Å². The zero-order valence-corrected chi connectivity index (χ0v) is 19.3. The number of halogens is 2. The van der Waals surface area contributed by atoms with E-state index in [-0.39, 0.29) is 5.02 Å². The monoisotopic (exact) mass is 474 g/mol. The normalized spacial score (nSPS) is 20.1. The second-order valence-electron chi connectivity index (χ2n) is 8.08. The fraction of sp³-hybridized carbons (Fsp3) is 0.391. The molecule has 2 aromatic carbocycles. The molecule has 168 valence electrons. The lowest BCUT2D eigenvalue weighted by Gasteiger charge is -2.26. The summed E-state index contributed by atoms with van der Waals surface area (Å²) in [5, 5.41) is 4.71. The molecule has 1 aromatic heterocycles. The Balaban J connectivity index is 1.31. The van der Waals surface area contributed by atoms with Crippen LogP contribution in [0.1, 0.15) is 12.8 Å². The third kappa shape index (κ3) is 4.44. The van der Waals surface area contributed by atoms with E-state index in [0.29, 0.717) is 40.5 Å². The summed E-state index contributed by atoms with van der Waals surface area (Å²) in [5.41, 5.74) is 1.34. The molecule has 2 fully saturated rings. The lowest BCUT2D eigenvalue weighted by molar-refractivity contribution is 0.242. The lowest BCUT2D eigenvalue weighted by Crippen LogP contribution is -2.32. The Labute approximate surface area is 195 Å². The van der Waals surface area contributed by atoms with Crippen LogP contribution in [0.2, 0.25) is 5.02 Å². The number of benzene rings is 2. The largest absolute Gasteiger partial charge is 0.493 e. The molecule has 2 aliphatic heterocycles. The highest BCUT2D eigenvalue weighted by Crippen LogP contribution is 2.41. The van der Waals surface area contributed by atoms with Crippen LogP contribution in [0.15, 0.2) is 36.7 Å². The van der Waals surface area contributed by atoms with Gasteiger partial charge in [0.15, 0.2) is 11.5 Å². The fourth-order valence-corrected chi connectivity index (χ4v) is 6.06. The van der Waals surface area contributed by atoms with Gasteiger partial charge in [0, 0.05) is 30.2 Å². The van der Waals surface area contributed by atoms with Crippen LogP contribution in [-0.4, -0.2) is 52.8 Å². The maximum absolute atomic E-state index is 13.5. The molecular formula is C23H24ClFN4O2S. The summed E-state index contributed by atoms with van der Waals surface area (Å²) in [6, 6.07) is 8.17. The van der Waals surface area contributed by atoms with Gasteiger partial charge >= 0.3 is 0 Å². The fourth-order valence-electron chi connectivity index (χ4n) is 4.33. The SMILES string of the molecule is COc1cc2ncnc(Nc3ccc(F)c(Cl)c3)c2cc1OCCCN1CC2CSC1C2. The van der Waals surface area contributed by atoms with Crippen LogP contribution in [0.4, 0.5) is 15.9 Å². The first-order chi connectivity index (χ1) is 15.6. The van der Waals surface area contributed by atoms with Gasteiger partial charge in [-0.3, -0.25) is 4.90 Å². The first kappa shape index (κ1) is 21.6. The third-order valence-corrected chi connectivity index (χ3v) is 7.74. The van der Waals surface area contributed by atoms with Crippen molar-refractivity contribution in [3.63, 3.8) is 0 Å². The molecule has 3 aromatic rings. The van der Waals surface area contributed by atoms with Crippen molar-refractivity contribution in [3.8, 4) is 11.5 Å². The van der Waals surface area contributed by atoms with Crippen molar-refractivity contribution < 1.29 is 13.9 Å². The van der Waals surface area contributed by atoms with Crippen LogP contribution < -0.4 is 14.8 Å². The molecule has 2 saturated heterocycles. The number of rotatable bonds is 8. The molecule has 1 N–H and O–H groups in total. The molecule has 2 aliphatic rings. The second-order valence-corrected chi connectivity index (χ2v) is 9.70. The second kappa shape index (κ2) is 9.29. The third-order valence-electron chi connectivity index (χ3n) is 5.91. The smallest absolute Gasteiger partial charge is 0.162 e. The lowest BCUT2D eigenvalue weighted by atomic mass is 10.2. The topological polar surface area (TPSA) is 59.5 Å². The first-order valence-electron chi connectivity index (χ1n) is 10.6. The average Bonchev–Trinajstić information content (AvgIpc) is 3.42. The Hall–Kier alpha value is -2.29. The average molecular weight is 475 g/mol. The predicted molar refractivity (Wildman–Crippen MR) is 127 cm³/mol. The van der Waals surface area contributed by atoms with Crippen LogP contribution in [0.25, 0.3) is 10.9 Å². The molecule has 0 spiro atoms. The highest BCUT2D eigenvalue weighted by Gasteiger charge is 2.37. The molecule has 0 radical (unpaired) electrons. The number of aromatic nitrogens is 2. The number of fused-ring (bicyclic) bond motifs is 3. The van der Waals surface area contributed by atoms with Crippen LogP contribution in [0, 0.1) is 11.7 Å². The maximum Gasteiger partial charge on any atom is 0.162 e. The molecule has 0 saturated carbocycles. The van der Waals surface area contributed by atoms with Crippen molar-refractivity contribution in [2.75, 3.05) is 37.9 Å². The zero-order chi connectivity index (χ0) is 22.1. The van der Waals surface area contributed by atoms with Crippen molar-refractivity contribution in [3.05, 3.63) is 47.5 Å². The van der Waals surface area contributed by atoms with Gasteiger partial charge in [0.05, 0.1) is 29.6 Å². The van der Waals surface area contributed by atoms with Gasteiger partial charge in [0.2, 0.25) is 0 Å². The quantitative estimate of drug-likeness (QED) is 0.442. The van der Waals surface area contributed by atoms with E-state index in [0.717, 1.165) is 24.3 Å². The van der Waals surface area contributed by atoms with Crippen LogP contribution in [0.5, 0.6) is 11.5 Å². The van der Waals surface area contributed by atoms with Gasteiger partial charge in [-0.2, -0.15) is 0 Å². The van der Waals surface area contributed by atoms with Gasteiger partial charge in [-0.25, -0.2) is 14.4 Å². The number of ether oxygens (including phenoxy) is 2. The molecule has 5 rings (SSSR count). The Morgan fingerprint density at radius 2 is 2.16 bits per heavy atom. The van der Waals surface area contributed by atoms with E-state index >= 15 is 0 Å². The van der Waals surface area contributed by atoms with Crippen LogP contribution in [-0.2, 0) is 0 Å².